The fourth-order valence-corrected chi connectivity index (χ4v) is 4.22. The van der Waals surface area contributed by atoms with Crippen LogP contribution < -0.4 is 0 Å². The third-order valence-electron chi connectivity index (χ3n) is 5.32. The number of hydrogen-bond acceptors (Lipinski definition) is 4. The van der Waals surface area contributed by atoms with Crippen LogP contribution in [-0.4, -0.2) is 41.8 Å². The Hall–Kier alpha value is -1.52. The Bertz CT molecular complexity index is 611. The largest absolute Gasteiger partial charge is 0.393 e. The topological polar surface area (TPSA) is 57.6 Å². The molecule has 0 radical (unpaired) electrons. The van der Waals surface area contributed by atoms with Crippen LogP contribution in [0.1, 0.15) is 64.6 Å². The van der Waals surface area contributed by atoms with E-state index in [9.17, 15) is 14.7 Å². The minimum absolute atomic E-state index is 0.163. The number of aliphatic hydroxyl groups is 1. The molecule has 2 aliphatic rings. The Morgan fingerprint density at radius 1 is 1.26 bits per heavy atom. The molecule has 0 aliphatic carbocycles. The first kappa shape index (κ1) is 16.3. The maximum absolute atomic E-state index is 11.2. The molecule has 124 valence electrons. The summed E-state index contributed by atoms with van der Waals surface area (Å²) in [4.78, 5) is 24.8. The van der Waals surface area contributed by atoms with Gasteiger partial charge in [0.25, 0.3) is 0 Å². The molecule has 2 heterocycles. The summed E-state index contributed by atoms with van der Waals surface area (Å²) in [5.41, 5.74) is 3.19. The molecule has 3 rings (SSSR count). The van der Waals surface area contributed by atoms with Crippen LogP contribution in [0.4, 0.5) is 0 Å². The van der Waals surface area contributed by atoms with E-state index in [1.807, 2.05) is 12.1 Å². The minimum Gasteiger partial charge on any atom is -0.393 e. The van der Waals surface area contributed by atoms with E-state index in [1.165, 1.54) is 0 Å². The van der Waals surface area contributed by atoms with Crippen molar-refractivity contribution in [3.63, 3.8) is 0 Å². The van der Waals surface area contributed by atoms with E-state index in [1.54, 1.807) is 0 Å². The van der Waals surface area contributed by atoms with Crippen molar-refractivity contribution in [2.75, 3.05) is 13.1 Å². The van der Waals surface area contributed by atoms with Gasteiger partial charge < -0.3 is 5.11 Å². The highest BCUT2D eigenvalue weighted by Crippen LogP contribution is 2.40. The van der Waals surface area contributed by atoms with E-state index >= 15 is 0 Å². The number of piperidine rings is 1. The van der Waals surface area contributed by atoms with Crippen molar-refractivity contribution in [1.82, 2.24) is 4.90 Å². The van der Waals surface area contributed by atoms with Crippen LogP contribution >= 0.6 is 0 Å². The minimum atomic E-state index is -0.296. The van der Waals surface area contributed by atoms with Crippen LogP contribution in [0.2, 0.25) is 0 Å². The van der Waals surface area contributed by atoms with Gasteiger partial charge in [0.05, 0.1) is 6.10 Å². The van der Waals surface area contributed by atoms with Crippen molar-refractivity contribution in [1.29, 1.82) is 0 Å². The molecule has 4 nitrogen and oxygen atoms in total. The normalized spacial score (nSPS) is 27.4. The molecule has 3 atom stereocenters. The number of rotatable bonds is 4. The highest BCUT2D eigenvalue weighted by Gasteiger charge is 2.38. The van der Waals surface area contributed by atoms with Gasteiger partial charge in [0.2, 0.25) is 0 Å². The van der Waals surface area contributed by atoms with Gasteiger partial charge in [-0.3, -0.25) is 14.5 Å². The first-order valence-electron chi connectivity index (χ1n) is 8.52. The Kier molecular flexibility index (Phi) is 4.64. The average Bonchev–Trinajstić information content (AvgIpc) is 2.53. The summed E-state index contributed by atoms with van der Waals surface area (Å²) in [6.07, 6.45) is 3.87. The Labute approximate surface area is 137 Å². The SMILES string of the molecule is CC(C)C[C@H]1CN2CCc3cc(C=O)c(C=O)cc3[C@@H]2C[C@H]1O. The van der Waals surface area contributed by atoms with E-state index in [4.69, 9.17) is 0 Å². The predicted octanol–water partition coefficient (Wildman–Crippen LogP) is 2.64. The van der Waals surface area contributed by atoms with E-state index in [-0.39, 0.29) is 12.1 Å². The molecule has 1 aromatic rings. The summed E-state index contributed by atoms with van der Waals surface area (Å²) in [6.45, 7) is 6.26. The summed E-state index contributed by atoms with van der Waals surface area (Å²) in [6, 6.07) is 3.88. The molecule has 1 N–H and O–H groups in total. The second-order valence-corrected chi connectivity index (χ2v) is 7.37. The lowest BCUT2D eigenvalue weighted by atomic mass is 9.78. The van der Waals surface area contributed by atoms with Crippen molar-refractivity contribution in [3.8, 4) is 0 Å². The van der Waals surface area contributed by atoms with Crippen molar-refractivity contribution >= 4 is 12.6 Å². The highest BCUT2D eigenvalue weighted by molar-refractivity contribution is 5.91. The lowest BCUT2D eigenvalue weighted by Gasteiger charge is -2.46. The Morgan fingerprint density at radius 2 is 1.96 bits per heavy atom. The first-order chi connectivity index (χ1) is 11.0. The standard InChI is InChI=1S/C19H25NO3/c1-12(2)5-14-9-20-4-3-13-6-15(10-21)16(11-22)7-17(13)18(20)8-19(14)23/h6-7,10-12,14,18-19,23H,3-5,8-9H2,1-2H3/t14-,18-,19+/m0/s1. The fourth-order valence-electron chi connectivity index (χ4n) is 4.22. The van der Waals surface area contributed by atoms with Crippen LogP contribution in [0.15, 0.2) is 12.1 Å². The zero-order chi connectivity index (χ0) is 16.6. The van der Waals surface area contributed by atoms with Gasteiger partial charge in [0.1, 0.15) is 0 Å². The van der Waals surface area contributed by atoms with Crippen LogP contribution in [0, 0.1) is 11.8 Å². The molecule has 1 saturated heterocycles. The maximum atomic E-state index is 11.2. The molecule has 0 aromatic heterocycles. The third-order valence-corrected chi connectivity index (χ3v) is 5.32. The zero-order valence-corrected chi connectivity index (χ0v) is 13.9. The number of aliphatic hydroxyl groups excluding tert-OH is 1. The number of benzene rings is 1. The smallest absolute Gasteiger partial charge is 0.150 e. The zero-order valence-electron chi connectivity index (χ0n) is 13.9. The Balaban J connectivity index is 1.90. The van der Waals surface area contributed by atoms with Gasteiger partial charge in [0, 0.05) is 30.3 Å². The van der Waals surface area contributed by atoms with Crippen molar-refractivity contribution < 1.29 is 14.7 Å². The van der Waals surface area contributed by atoms with Crippen molar-refractivity contribution in [3.05, 3.63) is 34.4 Å². The molecule has 1 aromatic carbocycles. The Morgan fingerprint density at radius 3 is 2.61 bits per heavy atom. The summed E-state index contributed by atoms with van der Waals surface area (Å²) in [5.74, 6) is 0.910. The van der Waals surface area contributed by atoms with Crippen LogP contribution in [0.3, 0.4) is 0 Å². The molecule has 2 aliphatic heterocycles. The molecular formula is C19H25NO3. The molecule has 1 fully saturated rings. The summed E-state index contributed by atoms with van der Waals surface area (Å²) in [7, 11) is 0. The molecule has 0 amide bonds. The quantitative estimate of drug-likeness (QED) is 0.868. The van der Waals surface area contributed by atoms with Crippen LogP contribution in [0.25, 0.3) is 0 Å². The number of aldehydes is 2. The summed E-state index contributed by atoms with van der Waals surface area (Å²) in [5, 5.41) is 10.6. The molecule has 0 unspecified atom stereocenters. The number of nitrogens with zero attached hydrogens (tertiary/aromatic N) is 1. The third kappa shape index (κ3) is 3.10. The fraction of sp³-hybridized carbons (Fsp3) is 0.579. The number of fused-ring (bicyclic) bond motifs is 3. The van der Waals surface area contributed by atoms with Gasteiger partial charge in [-0.05, 0) is 54.4 Å². The van der Waals surface area contributed by atoms with Crippen molar-refractivity contribution in [2.24, 2.45) is 11.8 Å². The predicted molar refractivity (Wildman–Crippen MR) is 88.8 cm³/mol. The summed E-state index contributed by atoms with van der Waals surface area (Å²) >= 11 is 0. The first-order valence-corrected chi connectivity index (χ1v) is 8.52. The molecule has 0 spiro atoms. The molecule has 0 bridgehead atoms. The van der Waals surface area contributed by atoms with Gasteiger partial charge in [-0.1, -0.05) is 13.8 Å². The van der Waals surface area contributed by atoms with E-state index in [2.05, 4.69) is 18.7 Å². The second kappa shape index (κ2) is 6.54. The van der Waals surface area contributed by atoms with Gasteiger partial charge in [-0.25, -0.2) is 0 Å². The molecule has 4 heteroatoms. The lowest BCUT2D eigenvalue weighted by Crippen LogP contribution is -2.48. The maximum Gasteiger partial charge on any atom is 0.150 e. The van der Waals surface area contributed by atoms with E-state index in [0.717, 1.165) is 49.6 Å². The van der Waals surface area contributed by atoms with E-state index < -0.39 is 0 Å². The van der Waals surface area contributed by atoms with Gasteiger partial charge in [-0.2, -0.15) is 0 Å². The molecule has 0 saturated carbocycles. The van der Waals surface area contributed by atoms with E-state index in [0.29, 0.717) is 29.4 Å². The van der Waals surface area contributed by atoms with Crippen LogP contribution in [-0.2, 0) is 6.42 Å². The highest BCUT2D eigenvalue weighted by atomic mass is 16.3. The van der Waals surface area contributed by atoms with Crippen molar-refractivity contribution in [2.45, 2.75) is 45.3 Å². The second-order valence-electron chi connectivity index (χ2n) is 7.37. The number of carbonyl (C=O) groups excluding carboxylic acids is 2. The lowest BCUT2D eigenvalue weighted by molar-refractivity contribution is -0.0191. The van der Waals surface area contributed by atoms with Gasteiger partial charge in [-0.15, -0.1) is 0 Å². The van der Waals surface area contributed by atoms with Gasteiger partial charge >= 0.3 is 0 Å². The van der Waals surface area contributed by atoms with Crippen LogP contribution in [0.5, 0.6) is 0 Å². The number of carbonyl (C=O) groups is 2. The average molecular weight is 315 g/mol. The summed E-state index contributed by atoms with van der Waals surface area (Å²) < 4.78 is 0. The molecular weight excluding hydrogens is 290 g/mol. The molecule has 23 heavy (non-hydrogen) atoms. The number of hydrogen-bond donors (Lipinski definition) is 1. The monoisotopic (exact) mass is 315 g/mol. The van der Waals surface area contributed by atoms with Gasteiger partial charge in [0.15, 0.2) is 12.6 Å².